The molecule has 3 aromatic heterocycles. The van der Waals surface area contributed by atoms with Crippen LogP contribution in [0.1, 0.15) is 24.5 Å². The van der Waals surface area contributed by atoms with Crippen LogP contribution in [0, 0.1) is 28.6 Å². The molecule has 0 bridgehead atoms. The number of aromatic amines is 1. The first-order valence-electron chi connectivity index (χ1n) is 10.7. The molecule has 0 radical (unpaired) electrons. The van der Waals surface area contributed by atoms with Gasteiger partial charge < -0.3 is 14.6 Å². The van der Waals surface area contributed by atoms with Crippen molar-refractivity contribution in [1.29, 1.82) is 10.5 Å². The third-order valence-electron chi connectivity index (χ3n) is 6.06. The van der Waals surface area contributed by atoms with Crippen molar-refractivity contribution in [3.8, 4) is 40.4 Å². The Morgan fingerprint density at radius 1 is 1.12 bits per heavy atom. The second kappa shape index (κ2) is 8.25. The molecule has 8 heteroatoms. The van der Waals surface area contributed by atoms with E-state index in [2.05, 4.69) is 43.9 Å². The number of nitrogens with zero attached hydrogens (tertiary/aromatic N) is 6. The summed E-state index contributed by atoms with van der Waals surface area (Å²) in [4.78, 5) is 19.2. The second-order valence-electron chi connectivity index (χ2n) is 8.20. The van der Waals surface area contributed by atoms with Crippen molar-refractivity contribution in [2.24, 2.45) is 5.92 Å². The predicted molar refractivity (Wildman–Crippen MR) is 125 cm³/mol. The maximum absolute atomic E-state index is 9.59. The third-order valence-corrected chi connectivity index (χ3v) is 6.06. The van der Waals surface area contributed by atoms with E-state index in [4.69, 9.17) is 4.74 Å². The molecule has 0 spiro atoms. The minimum absolute atomic E-state index is 0.466. The Kier molecular flexibility index (Phi) is 5.12. The Bertz CT molecular complexity index is 1440. The molecule has 1 N–H and O–H groups in total. The number of pyridine rings is 2. The van der Waals surface area contributed by atoms with Gasteiger partial charge in [0.25, 0.3) is 0 Å². The van der Waals surface area contributed by atoms with Crippen LogP contribution < -0.4 is 9.64 Å². The molecule has 1 unspecified atom stereocenters. The number of benzene rings is 1. The molecule has 5 rings (SSSR count). The molecular weight excluding hydrogens is 414 g/mol. The molecule has 1 aliphatic rings. The van der Waals surface area contributed by atoms with Gasteiger partial charge in [-0.3, -0.25) is 4.98 Å². The van der Waals surface area contributed by atoms with Crippen molar-refractivity contribution in [2.45, 2.75) is 13.3 Å². The number of ether oxygens (including phenoxy) is 1. The molecule has 0 amide bonds. The summed E-state index contributed by atoms with van der Waals surface area (Å²) in [7, 11) is 1.56. The smallest absolute Gasteiger partial charge is 0.179 e. The number of methoxy groups -OCH3 is 1. The number of imidazole rings is 1. The van der Waals surface area contributed by atoms with Crippen LogP contribution in [0.4, 0.5) is 5.69 Å². The van der Waals surface area contributed by atoms with Gasteiger partial charge in [0.05, 0.1) is 29.5 Å². The highest BCUT2D eigenvalue weighted by Crippen LogP contribution is 2.41. The summed E-state index contributed by atoms with van der Waals surface area (Å²) >= 11 is 0. The Hall–Kier alpha value is -4.43. The van der Waals surface area contributed by atoms with Crippen LogP contribution in [-0.2, 0) is 0 Å². The average Bonchev–Trinajstić information content (AvgIpc) is 3.49. The molecule has 1 aromatic carbocycles. The van der Waals surface area contributed by atoms with Crippen LogP contribution in [0.3, 0.4) is 0 Å². The van der Waals surface area contributed by atoms with E-state index in [1.165, 1.54) is 0 Å². The van der Waals surface area contributed by atoms with Crippen LogP contribution in [-0.4, -0.2) is 40.1 Å². The zero-order valence-electron chi connectivity index (χ0n) is 18.3. The monoisotopic (exact) mass is 435 g/mol. The number of nitrogens with one attached hydrogen (secondary N) is 1. The normalized spacial score (nSPS) is 15.4. The van der Waals surface area contributed by atoms with Crippen molar-refractivity contribution in [3.05, 3.63) is 54.0 Å². The highest BCUT2D eigenvalue weighted by molar-refractivity contribution is 5.91. The summed E-state index contributed by atoms with van der Waals surface area (Å²) < 4.78 is 5.32. The number of hydrogen-bond donors (Lipinski definition) is 1. The molecule has 33 heavy (non-hydrogen) atoms. The van der Waals surface area contributed by atoms with Gasteiger partial charge in [-0.1, -0.05) is 13.0 Å². The molecule has 0 saturated carbocycles. The molecule has 1 saturated heterocycles. The van der Waals surface area contributed by atoms with Crippen LogP contribution in [0.25, 0.3) is 33.7 Å². The maximum atomic E-state index is 9.59. The molecule has 162 valence electrons. The summed E-state index contributed by atoms with van der Waals surface area (Å²) in [6.45, 7) is 4.06. The Balaban J connectivity index is 1.74. The van der Waals surface area contributed by atoms with Gasteiger partial charge in [-0.2, -0.15) is 10.5 Å². The topological polar surface area (TPSA) is 115 Å². The molecular formula is C25H21N7O. The zero-order chi connectivity index (χ0) is 22.9. The zero-order valence-corrected chi connectivity index (χ0v) is 18.3. The van der Waals surface area contributed by atoms with Crippen molar-refractivity contribution < 1.29 is 4.74 Å². The lowest BCUT2D eigenvalue weighted by atomic mass is 9.99. The predicted octanol–water partition coefficient (Wildman–Crippen LogP) is 4.29. The van der Waals surface area contributed by atoms with Gasteiger partial charge in [-0.05, 0) is 36.1 Å². The van der Waals surface area contributed by atoms with E-state index in [9.17, 15) is 10.5 Å². The first-order valence-corrected chi connectivity index (χ1v) is 10.7. The number of fused-ring (bicyclic) bond motifs is 1. The fraction of sp³-hybridized carbons (Fsp3) is 0.240. The van der Waals surface area contributed by atoms with Gasteiger partial charge in [0, 0.05) is 37.2 Å². The Morgan fingerprint density at radius 2 is 1.94 bits per heavy atom. The van der Waals surface area contributed by atoms with Gasteiger partial charge in [-0.15, -0.1) is 0 Å². The lowest BCUT2D eigenvalue weighted by molar-refractivity contribution is 0.413. The van der Waals surface area contributed by atoms with E-state index in [0.717, 1.165) is 41.9 Å². The molecule has 0 aliphatic carbocycles. The fourth-order valence-electron chi connectivity index (χ4n) is 4.41. The van der Waals surface area contributed by atoms with E-state index in [-0.39, 0.29) is 0 Å². The Labute approximate surface area is 191 Å². The van der Waals surface area contributed by atoms with Crippen LogP contribution in [0.2, 0.25) is 0 Å². The van der Waals surface area contributed by atoms with Gasteiger partial charge in [0.2, 0.25) is 0 Å². The van der Waals surface area contributed by atoms with Gasteiger partial charge in [0.15, 0.2) is 5.65 Å². The maximum Gasteiger partial charge on any atom is 0.179 e. The van der Waals surface area contributed by atoms with E-state index in [0.29, 0.717) is 39.8 Å². The highest BCUT2D eigenvalue weighted by Gasteiger charge is 2.26. The second-order valence-corrected chi connectivity index (χ2v) is 8.20. The number of aromatic nitrogens is 4. The van der Waals surface area contributed by atoms with Crippen LogP contribution in [0.15, 0.2) is 42.9 Å². The lowest BCUT2D eigenvalue weighted by Gasteiger charge is -2.24. The minimum atomic E-state index is 0.466. The first kappa shape index (κ1) is 20.5. The number of anilines is 1. The summed E-state index contributed by atoms with van der Waals surface area (Å²) in [5.41, 5.74) is 5.68. The van der Waals surface area contributed by atoms with Crippen molar-refractivity contribution in [1.82, 2.24) is 19.9 Å². The van der Waals surface area contributed by atoms with E-state index < -0.39 is 0 Å². The lowest BCUT2D eigenvalue weighted by Crippen LogP contribution is -2.21. The molecule has 4 heterocycles. The molecule has 4 aromatic rings. The molecule has 8 nitrogen and oxygen atoms in total. The SMILES string of the molecule is COc1ccc(-c2cncc(-c3nc4nccc(C#N)c4[nH]3)c2N2CCC(C)C2)cc1C#N. The summed E-state index contributed by atoms with van der Waals surface area (Å²) in [5, 5.41) is 19.1. The number of rotatable bonds is 4. The number of nitriles is 2. The van der Waals surface area contributed by atoms with Gasteiger partial charge in [-0.25, -0.2) is 9.97 Å². The van der Waals surface area contributed by atoms with E-state index in [1.54, 1.807) is 31.6 Å². The van der Waals surface area contributed by atoms with E-state index >= 15 is 0 Å². The quantitative estimate of drug-likeness (QED) is 0.509. The van der Waals surface area contributed by atoms with Gasteiger partial charge >= 0.3 is 0 Å². The standard InChI is InChI=1S/C25H21N7O/c1-15-6-8-32(14-15)23-19(16-3-4-21(33-2)18(9-16)11-27)12-28-13-20(23)24-30-22-17(10-26)5-7-29-25(22)31-24/h3-5,7,9,12-13,15H,6,8,14H2,1-2H3,(H,29,30,31). The Morgan fingerprint density at radius 3 is 2.67 bits per heavy atom. The van der Waals surface area contributed by atoms with Crippen LogP contribution >= 0.6 is 0 Å². The highest BCUT2D eigenvalue weighted by atomic mass is 16.5. The fourth-order valence-corrected chi connectivity index (χ4v) is 4.41. The molecule has 1 atom stereocenters. The first-order chi connectivity index (χ1) is 16.1. The minimum Gasteiger partial charge on any atom is -0.495 e. The number of hydrogen-bond acceptors (Lipinski definition) is 7. The van der Waals surface area contributed by atoms with Gasteiger partial charge in [0.1, 0.15) is 29.2 Å². The molecule has 1 fully saturated rings. The third kappa shape index (κ3) is 3.52. The summed E-state index contributed by atoms with van der Waals surface area (Å²) in [6.07, 6.45) is 6.30. The number of H-pyrrole nitrogens is 1. The van der Waals surface area contributed by atoms with Crippen molar-refractivity contribution in [2.75, 3.05) is 25.1 Å². The largest absolute Gasteiger partial charge is 0.495 e. The average molecular weight is 435 g/mol. The summed E-state index contributed by atoms with van der Waals surface area (Å²) in [5.74, 6) is 1.71. The van der Waals surface area contributed by atoms with Crippen molar-refractivity contribution >= 4 is 16.9 Å². The molecule has 1 aliphatic heterocycles. The summed E-state index contributed by atoms with van der Waals surface area (Å²) in [6, 6.07) is 11.7. The van der Waals surface area contributed by atoms with Crippen molar-refractivity contribution in [3.63, 3.8) is 0 Å². The van der Waals surface area contributed by atoms with E-state index in [1.807, 2.05) is 18.3 Å². The van der Waals surface area contributed by atoms with Crippen LogP contribution in [0.5, 0.6) is 5.75 Å².